The average molecular weight is 362 g/mol. The van der Waals surface area contributed by atoms with Crippen molar-refractivity contribution in [2.45, 2.75) is 13.5 Å². The van der Waals surface area contributed by atoms with Crippen LogP contribution in [0.15, 0.2) is 29.6 Å². The summed E-state index contributed by atoms with van der Waals surface area (Å²) in [5.74, 6) is 0. The highest BCUT2D eigenvalue weighted by atomic mass is 127. The lowest BCUT2D eigenvalue weighted by Gasteiger charge is -2.06. The number of pyridine rings is 1. The molecule has 88 valence electrons. The Labute approximate surface area is 117 Å². The normalized spacial score (nSPS) is 10.5. The third kappa shape index (κ3) is 2.84. The molecule has 0 saturated heterocycles. The molecule has 0 N–H and O–H groups in total. The van der Waals surface area contributed by atoms with Crippen molar-refractivity contribution in [3.63, 3.8) is 0 Å². The van der Waals surface area contributed by atoms with Gasteiger partial charge in [-0.05, 0) is 40.6 Å². The first-order chi connectivity index (χ1) is 8.08. The molecule has 17 heavy (non-hydrogen) atoms. The van der Waals surface area contributed by atoms with Gasteiger partial charge in [-0.1, -0.05) is 17.7 Å². The summed E-state index contributed by atoms with van der Waals surface area (Å²) in [6, 6.07) is 1.99. The highest BCUT2D eigenvalue weighted by Gasteiger charge is 2.07. The van der Waals surface area contributed by atoms with Gasteiger partial charge in [0.15, 0.2) is 0 Å². The van der Waals surface area contributed by atoms with Crippen LogP contribution in [0.2, 0.25) is 5.15 Å². The quantitative estimate of drug-likeness (QED) is 0.609. The topological polar surface area (TPSA) is 47.8 Å². The minimum Gasteiger partial charge on any atom is -0.294 e. The third-order valence-corrected chi connectivity index (χ3v) is 3.80. The van der Waals surface area contributed by atoms with Gasteiger partial charge in [-0.25, -0.2) is 4.98 Å². The standard InChI is InChI=1S/C11H9ClIN3O/c1-7-2-8(4-14-3-7)5-16-6-15-10(12)9(13)11(16)17/h2-4,6H,5H2,1H3. The van der Waals surface area contributed by atoms with Crippen LogP contribution in [0.25, 0.3) is 0 Å². The number of hydrogen-bond donors (Lipinski definition) is 0. The molecular weight excluding hydrogens is 352 g/mol. The van der Waals surface area contributed by atoms with Crippen molar-refractivity contribution in [3.8, 4) is 0 Å². The zero-order valence-electron chi connectivity index (χ0n) is 9.02. The molecule has 0 bridgehead atoms. The van der Waals surface area contributed by atoms with Crippen molar-refractivity contribution in [1.29, 1.82) is 0 Å². The average Bonchev–Trinajstić information content (AvgIpc) is 2.30. The van der Waals surface area contributed by atoms with E-state index in [0.29, 0.717) is 10.1 Å². The molecule has 0 aliphatic rings. The van der Waals surface area contributed by atoms with Crippen LogP contribution < -0.4 is 5.56 Å². The molecule has 0 saturated carbocycles. The lowest BCUT2D eigenvalue weighted by Crippen LogP contribution is -2.23. The Kier molecular flexibility index (Phi) is 3.78. The van der Waals surface area contributed by atoms with Crippen molar-refractivity contribution in [2.24, 2.45) is 0 Å². The van der Waals surface area contributed by atoms with Crippen molar-refractivity contribution in [1.82, 2.24) is 14.5 Å². The number of aryl methyl sites for hydroxylation is 1. The fourth-order valence-electron chi connectivity index (χ4n) is 1.46. The van der Waals surface area contributed by atoms with E-state index in [9.17, 15) is 4.79 Å². The zero-order valence-corrected chi connectivity index (χ0v) is 11.9. The summed E-state index contributed by atoms with van der Waals surface area (Å²) in [5, 5.41) is 0.245. The summed E-state index contributed by atoms with van der Waals surface area (Å²) in [5.41, 5.74) is 1.89. The molecule has 0 amide bonds. The summed E-state index contributed by atoms with van der Waals surface area (Å²) in [4.78, 5) is 19.9. The summed E-state index contributed by atoms with van der Waals surface area (Å²) < 4.78 is 1.96. The Bertz CT molecular complexity index is 612. The van der Waals surface area contributed by atoms with Crippen molar-refractivity contribution < 1.29 is 0 Å². The van der Waals surface area contributed by atoms with E-state index >= 15 is 0 Å². The molecule has 2 aromatic heterocycles. The largest absolute Gasteiger partial charge is 0.294 e. The Morgan fingerprint density at radius 1 is 1.47 bits per heavy atom. The highest BCUT2D eigenvalue weighted by molar-refractivity contribution is 14.1. The molecule has 0 radical (unpaired) electrons. The van der Waals surface area contributed by atoms with E-state index in [1.807, 2.05) is 35.6 Å². The maximum Gasteiger partial charge on any atom is 0.268 e. The van der Waals surface area contributed by atoms with E-state index in [-0.39, 0.29) is 10.7 Å². The van der Waals surface area contributed by atoms with Crippen LogP contribution in [-0.4, -0.2) is 14.5 Å². The second-order valence-corrected chi connectivity index (χ2v) is 5.09. The number of halogens is 2. The molecule has 0 aliphatic carbocycles. The number of rotatable bonds is 2. The predicted octanol–water partition coefficient (Wildman–Crippen LogP) is 2.25. The highest BCUT2D eigenvalue weighted by Crippen LogP contribution is 2.10. The maximum atomic E-state index is 11.9. The van der Waals surface area contributed by atoms with Gasteiger partial charge in [-0.2, -0.15) is 0 Å². The van der Waals surface area contributed by atoms with E-state index in [4.69, 9.17) is 11.6 Å². The van der Waals surface area contributed by atoms with E-state index in [1.165, 1.54) is 10.9 Å². The summed E-state index contributed by atoms with van der Waals surface area (Å²) in [6.07, 6.45) is 4.96. The van der Waals surface area contributed by atoms with Crippen LogP contribution in [0, 0.1) is 10.5 Å². The molecule has 0 aliphatic heterocycles. The van der Waals surface area contributed by atoms with Gasteiger partial charge in [-0.3, -0.25) is 14.3 Å². The molecule has 0 spiro atoms. The van der Waals surface area contributed by atoms with Gasteiger partial charge in [0.25, 0.3) is 5.56 Å². The van der Waals surface area contributed by atoms with Gasteiger partial charge in [-0.15, -0.1) is 0 Å². The minimum absolute atomic E-state index is 0.132. The van der Waals surface area contributed by atoms with Crippen molar-refractivity contribution >= 4 is 34.2 Å². The lowest BCUT2D eigenvalue weighted by atomic mass is 10.2. The van der Waals surface area contributed by atoms with Crippen LogP contribution >= 0.6 is 34.2 Å². The Morgan fingerprint density at radius 2 is 2.24 bits per heavy atom. The maximum absolute atomic E-state index is 11.9. The molecule has 0 atom stereocenters. The van der Waals surface area contributed by atoms with Crippen molar-refractivity contribution in [2.75, 3.05) is 0 Å². The summed E-state index contributed by atoms with van der Waals surface area (Å²) >= 11 is 7.67. The summed E-state index contributed by atoms with van der Waals surface area (Å²) in [6.45, 7) is 2.41. The van der Waals surface area contributed by atoms with Crippen LogP contribution in [0.5, 0.6) is 0 Å². The van der Waals surface area contributed by atoms with Gasteiger partial charge in [0.2, 0.25) is 0 Å². The molecule has 2 rings (SSSR count). The second kappa shape index (κ2) is 5.14. The van der Waals surface area contributed by atoms with Gasteiger partial charge in [0.05, 0.1) is 12.9 Å². The van der Waals surface area contributed by atoms with Gasteiger partial charge >= 0.3 is 0 Å². The van der Waals surface area contributed by atoms with Crippen LogP contribution in [-0.2, 0) is 6.54 Å². The predicted molar refractivity (Wildman–Crippen MR) is 74.3 cm³/mol. The Morgan fingerprint density at radius 3 is 2.94 bits per heavy atom. The second-order valence-electron chi connectivity index (χ2n) is 3.65. The molecule has 0 aromatic carbocycles. The van der Waals surface area contributed by atoms with E-state index in [2.05, 4.69) is 9.97 Å². The third-order valence-electron chi connectivity index (χ3n) is 2.22. The minimum atomic E-state index is -0.132. The lowest BCUT2D eigenvalue weighted by molar-refractivity contribution is 0.727. The van der Waals surface area contributed by atoms with Crippen LogP contribution in [0.4, 0.5) is 0 Å². The first kappa shape index (κ1) is 12.5. The van der Waals surface area contributed by atoms with E-state index in [0.717, 1.165) is 11.1 Å². The van der Waals surface area contributed by atoms with Crippen LogP contribution in [0.3, 0.4) is 0 Å². The molecular formula is C11H9ClIN3O. The van der Waals surface area contributed by atoms with Gasteiger partial charge < -0.3 is 0 Å². The number of aromatic nitrogens is 3. The molecule has 2 heterocycles. The Balaban J connectivity index is 2.37. The molecule has 6 heteroatoms. The number of nitrogens with zero attached hydrogens (tertiary/aromatic N) is 3. The molecule has 4 nitrogen and oxygen atoms in total. The fourth-order valence-corrected chi connectivity index (χ4v) is 2.03. The molecule has 2 aromatic rings. The number of hydrogen-bond acceptors (Lipinski definition) is 3. The van der Waals surface area contributed by atoms with E-state index < -0.39 is 0 Å². The smallest absolute Gasteiger partial charge is 0.268 e. The molecule has 0 unspecified atom stereocenters. The summed E-state index contributed by atoms with van der Waals surface area (Å²) in [7, 11) is 0. The molecule has 0 fully saturated rings. The van der Waals surface area contributed by atoms with E-state index in [1.54, 1.807) is 12.4 Å². The SMILES string of the molecule is Cc1cncc(Cn2cnc(Cl)c(I)c2=O)c1. The Hall–Kier alpha value is -0.950. The fraction of sp³-hybridized carbons (Fsp3) is 0.182. The van der Waals surface area contributed by atoms with Gasteiger partial charge in [0.1, 0.15) is 8.72 Å². The first-order valence-electron chi connectivity index (χ1n) is 4.89. The van der Waals surface area contributed by atoms with Crippen LogP contribution in [0.1, 0.15) is 11.1 Å². The zero-order chi connectivity index (χ0) is 12.4. The van der Waals surface area contributed by atoms with Crippen molar-refractivity contribution in [3.05, 3.63) is 55.0 Å². The first-order valence-corrected chi connectivity index (χ1v) is 6.34. The van der Waals surface area contributed by atoms with Gasteiger partial charge in [0, 0.05) is 12.4 Å². The monoisotopic (exact) mass is 361 g/mol.